The molecule has 2 rings (SSSR count). The maximum Gasteiger partial charge on any atom is 0.410 e. The third-order valence-corrected chi connectivity index (χ3v) is 4.88. The second kappa shape index (κ2) is 7.71. The van der Waals surface area contributed by atoms with Crippen LogP contribution >= 0.6 is 0 Å². The predicted molar refractivity (Wildman–Crippen MR) is 120 cm³/mol. The Morgan fingerprint density at radius 2 is 1.53 bits per heavy atom. The van der Waals surface area contributed by atoms with Crippen molar-refractivity contribution in [1.82, 2.24) is 9.97 Å². The predicted octanol–water partition coefficient (Wildman–Crippen LogP) is 6.00. The van der Waals surface area contributed by atoms with Crippen LogP contribution in [0.5, 0.6) is 0 Å². The number of rotatable bonds is 2. The summed E-state index contributed by atoms with van der Waals surface area (Å²) in [5.74, 6) is 0.0913. The summed E-state index contributed by atoms with van der Waals surface area (Å²) in [5.41, 5.74) is 4.45. The molecule has 0 aliphatic carbocycles. The molecular weight excluding hydrogens is 376 g/mol. The van der Waals surface area contributed by atoms with Crippen molar-refractivity contribution in [3.63, 3.8) is 0 Å². The molecule has 0 unspecified atom stereocenters. The Labute approximate surface area is 179 Å². The summed E-state index contributed by atoms with van der Waals surface area (Å²) in [6.07, 6.45) is 0.0377. The molecule has 0 spiro atoms. The van der Waals surface area contributed by atoms with Gasteiger partial charge in [-0.3, -0.25) is 5.32 Å². The minimum Gasteiger partial charge on any atom is -0.465 e. The minimum absolute atomic E-state index is 0.0718. The molecule has 1 amide bonds. The first-order valence-electron chi connectivity index (χ1n) is 10.0. The molecule has 0 aliphatic heterocycles. The van der Waals surface area contributed by atoms with Gasteiger partial charge in [-0.2, -0.15) is 5.26 Å². The Bertz CT molecular complexity index is 1010. The van der Waals surface area contributed by atoms with Gasteiger partial charge in [0.1, 0.15) is 11.8 Å². The van der Waals surface area contributed by atoms with Crippen molar-refractivity contribution in [2.45, 2.75) is 78.6 Å². The van der Waals surface area contributed by atoms with Gasteiger partial charge >= 0.3 is 6.09 Å². The van der Waals surface area contributed by atoms with Crippen LogP contribution in [0.2, 0.25) is 0 Å². The van der Waals surface area contributed by atoms with E-state index in [0.29, 0.717) is 5.69 Å². The first-order chi connectivity index (χ1) is 13.6. The summed E-state index contributed by atoms with van der Waals surface area (Å²) < 4.78 is 0. The summed E-state index contributed by atoms with van der Waals surface area (Å²) >= 11 is 0. The first-order valence-corrected chi connectivity index (χ1v) is 10.0. The summed E-state index contributed by atoms with van der Waals surface area (Å²) in [6.45, 7) is 19.6. The maximum atomic E-state index is 11.1. The van der Waals surface area contributed by atoms with Crippen LogP contribution in [-0.4, -0.2) is 21.2 Å². The van der Waals surface area contributed by atoms with Crippen LogP contribution in [0.25, 0.3) is 11.3 Å². The molecule has 0 atom stereocenters. The minimum atomic E-state index is -1.23. The number of nitriles is 1. The number of benzene rings is 1. The topological polar surface area (TPSA) is 98.9 Å². The lowest BCUT2D eigenvalue weighted by molar-refractivity contribution is 0.209. The van der Waals surface area contributed by atoms with E-state index in [-0.39, 0.29) is 27.8 Å². The lowest BCUT2D eigenvalue weighted by Gasteiger charge is -2.38. The van der Waals surface area contributed by atoms with Gasteiger partial charge in [0, 0.05) is 5.56 Å². The van der Waals surface area contributed by atoms with Crippen molar-refractivity contribution in [2.75, 3.05) is 5.32 Å². The standard InChI is InChI=1S/C24H32N4O2/c1-22(2,3)15-11-10-14(18(23(4,5)6)19(15)24(7,8)9)20-16(12-25)26-13-17(27-20)28-21(29)30/h10-11,13H,1-9H3,(H,27,28)(H,29,30). The third-order valence-electron chi connectivity index (χ3n) is 4.88. The highest BCUT2D eigenvalue weighted by Gasteiger charge is 2.34. The van der Waals surface area contributed by atoms with E-state index in [9.17, 15) is 10.1 Å². The summed E-state index contributed by atoms with van der Waals surface area (Å²) in [6, 6.07) is 6.20. The second-order valence-electron chi connectivity index (χ2n) is 10.7. The molecule has 0 saturated carbocycles. The maximum absolute atomic E-state index is 11.1. The fraction of sp³-hybridized carbons (Fsp3) is 0.500. The molecule has 0 fully saturated rings. The van der Waals surface area contributed by atoms with E-state index in [0.717, 1.165) is 11.1 Å². The quantitative estimate of drug-likeness (QED) is 0.635. The second-order valence-corrected chi connectivity index (χ2v) is 10.7. The molecule has 1 aromatic carbocycles. The Morgan fingerprint density at radius 1 is 0.967 bits per heavy atom. The number of hydrogen-bond donors (Lipinski definition) is 2. The normalized spacial score (nSPS) is 12.4. The van der Waals surface area contributed by atoms with Gasteiger partial charge in [-0.15, -0.1) is 0 Å². The van der Waals surface area contributed by atoms with Gasteiger partial charge in [-0.25, -0.2) is 14.8 Å². The largest absolute Gasteiger partial charge is 0.465 e. The molecule has 1 heterocycles. The number of aromatic nitrogens is 2. The average Bonchev–Trinajstić information content (AvgIpc) is 2.57. The number of carbonyl (C=O) groups is 1. The van der Waals surface area contributed by atoms with Crippen molar-refractivity contribution in [3.8, 4) is 17.3 Å². The molecule has 0 radical (unpaired) electrons. The highest BCUT2D eigenvalue weighted by Crippen LogP contribution is 2.45. The number of anilines is 1. The van der Waals surface area contributed by atoms with Gasteiger partial charge in [0.05, 0.1) is 6.20 Å². The Hall–Kier alpha value is -2.94. The highest BCUT2D eigenvalue weighted by atomic mass is 16.4. The third kappa shape index (κ3) is 4.79. The molecule has 0 saturated heterocycles. The van der Waals surface area contributed by atoms with Gasteiger partial charge in [0.15, 0.2) is 11.5 Å². The molecule has 0 bridgehead atoms. The molecule has 2 N–H and O–H groups in total. The zero-order chi connectivity index (χ0) is 23.1. The smallest absolute Gasteiger partial charge is 0.410 e. The fourth-order valence-electron chi connectivity index (χ4n) is 3.81. The SMILES string of the molecule is CC(C)(C)c1ccc(-c2nc(NC(=O)O)cnc2C#N)c(C(C)(C)C)c1C(C)(C)C. The van der Waals surface area contributed by atoms with Crippen molar-refractivity contribution in [1.29, 1.82) is 5.26 Å². The van der Waals surface area contributed by atoms with Gasteiger partial charge < -0.3 is 5.11 Å². The number of hydrogen-bond acceptors (Lipinski definition) is 4. The number of nitrogens with zero attached hydrogens (tertiary/aromatic N) is 3. The Balaban J connectivity index is 3.02. The van der Waals surface area contributed by atoms with Gasteiger partial charge in [0.25, 0.3) is 0 Å². The molecular formula is C24H32N4O2. The van der Waals surface area contributed by atoms with E-state index in [4.69, 9.17) is 5.11 Å². The number of carboxylic acid groups (broad SMARTS) is 1. The van der Waals surface area contributed by atoms with Crippen LogP contribution in [0.1, 0.15) is 84.7 Å². The van der Waals surface area contributed by atoms with Gasteiger partial charge in [-0.1, -0.05) is 74.4 Å². The lowest BCUT2D eigenvalue weighted by Crippen LogP contribution is -2.29. The summed E-state index contributed by atoms with van der Waals surface area (Å²) in [5, 5.41) is 21.0. The van der Waals surface area contributed by atoms with Crippen molar-refractivity contribution in [2.24, 2.45) is 0 Å². The average molecular weight is 409 g/mol. The number of amides is 1. The van der Waals surface area contributed by atoms with Crippen LogP contribution in [0.4, 0.5) is 10.6 Å². The summed E-state index contributed by atoms with van der Waals surface area (Å²) in [4.78, 5) is 19.7. The fourth-order valence-corrected chi connectivity index (χ4v) is 3.81. The Morgan fingerprint density at radius 3 is 1.97 bits per heavy atom. The van der Waals surface area contributed by atoms with Gasteiger partial charge in [-0.05, 0) is 32.9 Å². The van der Waals surface area contributed by atoms with E-state index >= 15 is 0 Å². The monoisotopic (exact) mass is 408 g/mol. The highest BCUT2D eigenvalue weighted by molar-refractivity contribution is 5.82. The van der Waals surface area contributed by atoms with E-state index in [2.05, 4.69) is 89.7 Å². The van der Waals surface area contributed by atoms with Crippen LogP contribution < -0.4 is 5.32 Å². The van der Waals surface area contributed by atoms with E-state index in [1.54, 1.807) is 0 Å². The first kappa shape index (κ1) is 23.3. The van der Waals surface area contributed by atoms with Crippen molar-refractivity contribution >= 4 is 11.9 Å². The molecule has 30 heavy (non-hydrogen) atoms. The molecule has 160 valence electrons. The lowest BCUT2D eigenvalue weighted by atomic mass is 9.67. The molecule has 2 aromatic rings. The van der Waals surface area contributed by atoms with E-state index in [1.807, 2.05) is 6.07 Å². The zero-order valence-electron chi connectivity index (χ0n) is 19.4. The van der Waals surface area contributed by atoms with Crippen molar-refractivity contribution in [3.05, 3.63) is 40.7 Å². The number of nitrogens with one attached hydrogen (secondary N) is 1. The summed E-state index contributed by atoms with van der Waals surface area (Å²) in [7, 11) is 0. The molecule has 1 aromatic heterocycles. The van der Waals surface area contributed by atoms with Gasteiger partial charge in [0.2, 0.25) is 0 Å². The zero-order valence-corrected chi connectivity index (χ0v) is 19.4. The van der Waals surface area contributed by atoms with E-state index < -0.39 is 6.09 Å². The van der Waals surface area contributed by atoms with Crippen LogP contribution in [0, 0.1) is 11.3 Å². The van der Waals surface area contributed by atoms with Crippen LogP contribution in [0.15, 0.2) is 18.3 Å². The van der Waals surface area contributed by atoms with E-state index in [1.165, 1.54) is 17.3 Å². The molecule has 0 aliphatic rings. The van der Waals surface area contributed by atoms with Crippen LogP contribution in [-0.2, 0) is 16.2 Å². The van der Waals surface area contributed by atoms with Crippen LogP contribution in [0.3, 0.4) is 0 Å². The van der Waals surface area contributed by atoms with Crippen molar-refractivity contribution < 1.29 is 9.90 Å². The Kier molecular flexibility index (Phi) is 6.00. The molecule has 6 nitrogen and oxygen atoms in total. The molecule has 6 heteroatoms.